The van der Waals surface area contributed by atoms with E-state index in [2.05, 4.69) is 12.3 Å². The molecular formula is C7H16N2. The molecule has 1 saturated carbocycles. The Morgan fingerprint density at radius 2 is 2.33 bits per heavy atom. The molecule has 3 N–H and O–H groups in total. The first-order valence-corrected chi connectivity index (χ1v) is 3.78. The van der Waals surface area contributed by atoms with Crippen LogP contribution in [-0.2, 0) is 0 Å². The summed E-state index contributed by atoms with van der Waals surface area (Å²) in [6.07, 6.45) is 4.14. The molecule has 1 atom stereocenters. The van der Waals surface area contributed by atoms with Crippen molar-refractivity contribution in [2.24, 2.45) is 17.7 Å². The molecular weight excluding hydrogens is 112 g/mol. The minimum absolute atomic E-state index is 0.890. The Hall–Kier alpha value is -0.0800. The molecule has 9 heavy (non-hydrogen) atoms. The summed E-state index contributed by atoms with van der Waals surface area (Å²) in [4.78, 5) is 0. The van der Waals surface area contributed by atoms with E-state index in [-0.39, 0.29) is 0 Å². The summed E-state index contributed by atoms with van der Waals surface area (Å²) >= 11 is 0. The van der Waals surface area contributed by atoms with E-state index in [4.69, 9.17) is 5.84 Å². The molecule has 0 heterocycles. The molecule has 0 spiro atoms. The van der Waals surface area contributed by atoms with Crippen LogP contribution in [0.4, 0.5) is 0 Å². The Morgan fingerprint density at radius 3 is 2.78 bits per heavy atom. The van der Waals surface area contributed by atoms with Crippen molar-refractivity contribution in [3.05, 3.63) is 0 Å². The molecule has 1 aliphatic rings. The average Bonchev–Trinajstić information content (AvgIpc) is 2.63. The van der Waals surface area contributed by atoms with Crippen LogP contribution in [0.3, 0.4) is 0 Å². The zero-order valence-electron chi connectivity index (χ0n) is 6.06. The van der Waals surface area contributed by atoms with Gasteiger partial charge in [-0.3, -0.25) is 11.3 Å². The maximum absolute atomic E-state index is 5.15. The van der Waals surface area contributed by atoms with E-state index >= 15 is 0 Å². The second-order valence-corrected chi connectivity index (χ2v) is 3.06. The normalized spacial score (nSPS) is 22.0. The molecule has 2 nitrogen and oxygen atoms in total. The first kappa shape index (κ1) is 7.03. The van der Waals surface area contributed by atoms with Crippen LogP contribution in [0.5, 0.6) is 0 Å². The van der Waals surface area contributed by atoms with E-state index in [1.807, 2.05) is 0 Å². The highest BCUT2D eigenvalue weighted by Crippen LogP contribution is 2.37. The molecule has 0 amide bonds. The van der Waals surface area contributed by atoms with Gasteiger partial charge in [-0.2, -0.15) is 0 Å². The first-order chi connectivity index (χ1) is 4.34. The monoisotopic (exact) mass is 128 g/mol. The number of nitrogens with two attached hydrogens (primary N) is 1. The van der Waals surface area contributed by atoms with Gasteiger partial charge in [0, 0.05) is 6.54 Å². The fourth-order valence-corrected chi connectivity index (χ4v) is 1.21. The fraction of sp³-hybridized carbons (Fsp3) is 1.00. The van der Waals surface area contributed by atoms with Gasteiger partial charge in [0.2, 0.25) is 0 Å². The summed E-state index contributed by atoms with van der Waals surface area (Å²) in [5, 5.41) is 0. The predicted octanol–water partition coefficient (Wildman–Crippen LogP) is 0.886. The van der Waals surface area contributed by atoms with Gasteiger partial charge in [-0.25, -0.2) is 0 Å². The zero-order chi connectivity index (χ0) is 6.69. The summed E-state index contributed by atoms with van der Waals surface area (Å²) in [5.41, 5.74) is 2.68. The molecule has 0 radical (unpaired) electrons. The Morgan fingerprint density at radius 1 is 1.67 bits per heavy atom. The van der Waals surface area contributed by atoms with E-state index in [0.717, 1.165) is 18.4 Å². The summed E-state index contributed by atoms with van der Waals surface area (Å²) in [6, 6.07) is 0. The highest BCUT2D eigenvalue weighted by Gasteiger charge is 2.26. The average molecular weight is 128 g/mol. The van der Waals surface area contributed by atoms with Crippen molar-refractivity contribution in [2.45, 2.75) is 26.2 Å². The lowest BCUT2D eigenvalue weighted by molar-refractivity contribution is 0.454. The van der Waals surface area contributed by atoms with Crippen molar-refractivity contribution >= 4 is 0 Å². The minimum Gasteiger partial charge on any atom is -0.271 e. The van der Waals surface area contributed by atoms with Gasteiger partial charge in [-0.15, -0.1) is 0 Å². The molecule has 0 aromatic rings. The summed E-state index contributed by atoms with van der Waals surface area (Å²) in [6.45, 7) is 3.28. The smallest absolute Gasteiger partial charge is 0.01000 e. The second-order valence-electron chi connectivity index (χ2n) is 3.06. The van der Waals surface area contributed by atoms with Crippen LogP contribution in [0.15, 0.2) is 0 Å². The van der Waals surface area contributed by atoms with Crippen LogP contribution in [0.1, 0.15) is 26.2 Å². The molecule has 1 fully saturated rings. The Labute approximate surface area is 56.8 Å². The van der Waals surface area contributed by atoms with Crippen molar-refractivity contribution in [3.8, 4) is 0 Å². The van der Waals surface area contributed by atoms with E-state index in [9.17, 15) is 0 Å². The molecule has 0 bridgehead atoms. The van der Waals surface area contributed by atoms with Gasteiger partial charge < -0.3 is 0 Å². The third-order valence-corrected chi connectivity index (χ3v) is 2.17. The first-order valence-electron chi connectivity index (χ1n) is 3.78. The van der Waals surface area contributed by atoms with Crippen molar-refractivity contribution in [2.75, 3.05) is 6.54 Å². The molecule has 0 saturated heterocycles. The highest BCUT2D eigenvalue weighted by atomic mass is 15.2. The van der Waals surface area contributed by atoms with Crippen molar-refractivity contribution in [3.63, 3.8) is 0 Å². The molecule has 0 aromatic heterocycles. The lowest BCUT2D eigenvalue weighted by Crippen LogP contribution is -2.24. The van der Waals surface area contributed by atoms with Crippen LogP contribution >= 0.6 is 0 Å². The zero-order valence-corrected chi connectivity index (χ0v) is 6.06. The lowest BCUT2D eigenvalue weighted by Gasteiger charge is -2.07. The fourth-order valence-electron chi connectivity index (χ4n) is 1.21. The number of hydrogen-bond donors (Lipinski definition) is 2. The number of hydrogen-bond acceptors (Lipinski definition) is 2. The van der Waals surface area contributed by atoms with Crippen LogP contribution < -0.4 is 11.3 Å². The largest absolute Gasteiger partial charge is 0.271 e. The second kappa shape index (κ2) is 3.18. The van der Waals surface area contributed by atoms with E-state index in [1.54, 1.807) is 0 Å². The SMILES string of the molecule is CC(CCNN)C1CC1. The van der Waals surface area contributed by atoms with E-state index in [0.29, 0.717) is 0 Å². The summed E-state index contributed by atoms with van der Waals surface area (Å²) < 4.78 is 0. The summed E-state index contributed by atoms with van der Waals surface area (Å²) in [7, 11) is 0. The third kappa shape index (κ3) is 2.33. The number of rotatable bonds is 4. The van der Waals surface area contributed by atoms with Gasteiger partial charge in [0.05, 0.1) is 0 Å². The molecule has 1 aliphatic carbocycles. The quantitative estimate of drug-likeness (QED) is 0.436. The lowest BCUT2D eigenvalue weighted by atomic mass is 10.0. The van der Waals surface area contributed by atoms with E-state index in [1.165, 1.54) is 19.3 Å². The molecule has 1 rings (SSSR count). The number of hydrazine groups is 1. The van der Waals surface area contributed by atoms with Gasteiger partial charge in [0.1, 0.15) is 0 Å². The standard InChI is InChI=1S/C7H16N2/c1-6(4-5-9-8)7-2-3-7/h6-7,9H,2-5,8H2,1H3. The molecule has 1 unspecified atom stereocenters. The van der Waals surface area contributed by atoms with Crippen molar-refractivity contribution < 1.29 is 0 Å². The maximum atomic E-state index is 5.15. The van der Waals surface area contributed by atoms with Gasteiger partial charge >= 0.3 is 0 Å². The summed E-state index contributed by atoms with van der Waals surface area (Å²) in [5.74, 6) is 7.06. The molecule has 54 valence electrons. The molecule has 2 heteroatoms. The van der Waals surface area contributed by atoms with Crippen LogP contribution in [0, 0.1) is 11.8 Å². The van der Waals surface area contributed by atoms with Gasteiger partial charge in [0.15, 0.2) is 0 Å². The Bertz CT molecular complexity index is 79.0. The highest BCUT2D eigenvalue weighted by molar-refractivity contribution is 4.78. The maximum Gasteiger partial charge on any atom is 0.01000 e. The van der Waals surface area contributed by atoms with Crippen LogP contribution in [0.25, 0.3) is 0 Å². The topological polar surface area (TPSA) is 38.0 Å². The van der Waals surface area contributed by atoms with Crippen molar-refractivity contribution in [1.82, 2.24) is 5.43 Å². The van der Waals surface area contributed by atoms with Crippen molar-refractivity contribution in [1.29, 1.82) is 0 Å². The molecule has 0 aromatic carbocycles. The van der Waals surface area contributed by atoms with Crippen LogP contribution in [-0.4, -0.2) is 6.54 Å². The van der Waals surface area contributed by atoms with Gasteiger partial charge in [-0.05, 0) is 31.1 Å². The third-order valence-electron chi connectivity index (χ3n) is 2.17. The molecule has 0 aliphatic heterocycles. The Balaban J connectivity index is 1.96. The Kier molecular flexibility index (Phi) is 2.49. The number of nitrogens with one attached hydrogen (secondary N) is 1. The van der Waals surface area contributed by atoms with E-state index < -0.39 is 0 Å². The van der Waals surface area contributed by atoms with Gasteiger partial charge in [0.25, 0.3) is 0 Å². The minimum atomic E-state index is 0.890. The van der Waals surface area contributed by atoms with Crippen LogP contribution in [0.2, 0.25) is 0 Å². The van der Waals surface area contributed by atoms with Gasteiger partial charge in [-0.1, -0.05) is 6.92 Å². The predicted molar refractivity (Wildman–Crippen MR) is 38.7 cm³/mol.